The number of halogens is 3. The number of rotatable bonds is 5. The highest BCUT2D eigenvalue weighted by molar-refractivity contribution is 5.73. The van der Waals surface area contributed by atoms with Crippen molar-refractivity contribution < 1.29 is 22.5 Å². The molecule has 144 valence electrons. The van der Waals surface area contributed by atoms with E-state index in [1.54, 1.807) is 34.6 Å². The maximum Gasteiger partial charge on any atom is 0.408 e. The number of nitrogens with zero attached hydrogens (tertiary/aromatic N) is 4. The zero-order chi connectivity index (χ0) is 19.9. The second-order valence-corrected chi connectivity index (χ2v) is 6.84. The largest absolute Gasteiger partial charge is 0.408 e. The van der Waals surface area contributed by atoms with Crippen LogP contribution in [0.15, 0.2) is 4.52 Å². The molecular weight excluding hydrogens is 351 g/mol. The van der Waals surface area contributed by atoms with Crippen LogP contribution in [0.1, 0.15) is 62.3 Å². The van der Waals surface area contributed by atoms with Crippen molar-refractivity contribution in [2.45, 2.75) is 65.7 Å². The number of aromatic nitrogens is 4. The molecule has 1 amide bonds. The van der Waals surface area contributed by atoms with E-state index >= 15 is 0 Å². The monoisotopic (exact) mass is 373 g/mol. The molecule has 1 N–H and O–H groups in total. The van der Waals surface area contributed by atoms with E-state index in [1.807, 2.05) is 0 Å². The van der Waals surface area contributed by atoms with Gasteiger partial charge in [-0.2, -0.15) is 23.3 Å². The Kier molecular flexibility index (Phi) is 5.16. The number of carbonyl (C=O) groups is 1. The highest BCUT2D eigenvalue weighted by Gasteiger charge is 2.33. The Morgan fingerprint density at radius 1 is 1.31 bits per heavy atom. The molecule has 7 nitrogen and oxygen atoms in total. The van der Waals surface area contributed by atoms with Gasteiger partial charge in [0, 0.05) is 18.2 Å². The van der Waals surface area contributed by atoms with Crippen LogP contribution in [0.25, 0.3) is 0 Å². The van der Waals surface area contributed by atoms with Crippen LogP contribution in [0.4, 0.5) is 13.2 Å². The average Bonchev–Trinajstić information content (AvgIpc) is 3.02. The first-order valence-corrected chi connectivity index (χ1v) is 8.05. The van der Waals surface area contributed by atoms with Crippen molar-refractivity contribution in [3.05, 3.63) is 28.7 Å². The first-order chi connectivity index (χ1) is 11.8. The maximum absolute atomic E-state index is 12.7. The highest BCUT2D eigenvalue weighted by Crippen LogP contribution is 2.31. The standard InChI is InChI=1S/C16H22F3N5O2/c1-8(12-9(2)22-24(10(12)3)7-16(17,18)19)13-20-14(23-26-13)15(5,6)21-11(4)25/h8H,7H2,1-6H3,(H,21,25). The summed E-state index contributed by atoms with van der Waals surface area (Å²) in [5.41, 5.74) is 0.646. The fraction of sp³-hybridized carbons (Fsp3) is 0.625. The molecule has 0 aromatic carbocycles. The van der Waals surface area contributed by atoms with Crippen LogP contribution in [0.3, 0.4) is 0 Å². The molecule has 0 saturated heterocycles. The smallest absolute Gasteiger partial charge is 0.344 e. The minimum atomic E-state index is -4.36. The summed E-state index contributed by atoms with van der Waals surface area (Å²) in [6.45, 7) is 8.67. The quantitative estimate of drug-likeness (QED) is 0.871. The lowest BCUT2D eigenvalue weighted by atomic mass is 9.99. The number of hydrogen-bond donors (Lipinski definition) is 1. The fourth-order valence-corrected chi connectivity index (χ4v) is 2.95. The Hall–Kier alpha value is -2.39. The number of aryl methyl sites for hydroxylation is 1. The topological polar surface area (TPSA) is 85.8 Å². The third kappa shape index (κ3) is 4.23. The summed E-state index contributed by atoms with van der Waals surface area (Å²) >= 11 is 0. The van der Waals surface area contributed by atoms with Crippen molar-refractivity contribution in [2.75, 3.05) is 0 Å². The molecule has 0 saturated carbocycles. The summed E-state index contributed by atoms with van der Waals surface area (Å²) in [5, 5.41) is 10.6. The first kappa shape index (κ1) is 19.9. The summed E-state index contributed by atoms with van der Waals surface area (Å²) in [7, 11) is 0. The number of hydrogen-bond acceptors (Lipinski definition) is 5. The Balaban J connectivity index is 2.33. The highest BCUT2D eigenvalue weighted by atomic mass is 19.4. The summed E-state index contributed by atoms with van der Waals surface area (Å²) < 4.78 is 44.3. The molecule has 0 radical (unpaired) electrons. The van der Waals surface area contributed by atoms with Gasteiger partial charge >= 0.3 is 6.18 Å². The molecule has 0 spiro atoms. The molecule has 0 fully saturated rings. The SMILES string of the molecule is CC(=O)NC(C)(C)c1noc(C(C)c2c(C)nn(CC(F)(F)F)c2C)n1. The fourth-order valence-electron chi connectivity index (χ4n) is 2.95. The predicted octanol–water partition coefficient (Wildman–Crippen LogP) is 2.97. The van der Waals surface area contributed by atoms with Crippen LogP contribution in [0.5, 0.6) is 0 Å². The van der Waals surface area contributed by atoms with Crippen molar-refractivity contribution in [1.29, 1.82) is 0 Å². The molecule has 2 aromatic heterocycles. The van der Waals surface area contributed by atoms with Gasteiger partial charge in [0.2, 0.25) is 11.8 Å². The van der Waals surface area contributed by atoms with E-state index in [2.05, 4.69) is 20.6 Å². The van der Waals surface area contributed by atoms with E-state index in [0.29, 0.717) is 17.0 Å². The predicted molar refractivity (Wildman–Crippen MR) is 86.4 cm³/mol. The van der Waals surface area contributed by atoms with Gasteiger partial charge in [-0.1, -0.05) is 5.16 Å². The van der Waals surface area contributed by atoms with Gasteiger partial charge in [0.1, 0.15) is 6.54 Å². The number of nitrogens with one attached hydrogen (secondary N) is 1. The van der Waals surface area contributed by atoms with E-state index in [0.717, 1.165) is 4.68 Å². The summed E-state index contributed by atoms with van der Waals surface area (Å²) in [6, 6.07) is 0. The van der Waals surface area contributed by atoms with Crippen molar-refractivity contribution in [1.82, 2.24) is 25.2 Å². The van der Waals surface area contributed by atoms with Crippen molar-refractivity contribution in [3.63, 3.8) is 0 Å². The van der Waals surface area contributed by atoms with Gasteiger partial charge in [-0.25, -0.2) is 0 Å². The van der Waals surface area contributed by atoms with Gasteiger partial charge in [-0.15, -0.1) is 0 Å². The Morgan fingerprint density at radius 2 is 1.92 bits per heavy atom. The van der Waals surface area contributed by atoms with Gasteiger partial charge < -0.3 is 9.84 Å². The van der Waals surface area contributed by atoms with Crippen molar-refractivity contribution in [2.24, 2.45) is 0 Å². The third-order valence-corrected chi connectivity index (χ3v) is 4.06. The summed E-state index contributed by atoms with van der Waals surface area (Å²) in [6.07, 6.45) is -4.36. The molecule has 2 heterocycles. The van der Waals surface area contributed by atoms with Gasteiger partial charge in [0.25, 0.3) is 0 Å². The molecule has 0 aliphatic heterocycles. The van der Waals surface area contributed by atoms with Crippen molar-refractivity contribution in [3.8, 4) is 0 Å². The molecule has 2 aromatic rings. The van der Waals surface area contributed by atoms with E-state index in [9.17, 15) is 18.0 Å². The molecule has 1 atom stereocenters. The van der Waals surface area contributed by atoms with Gasteiger partial charge in [0.05, 0.1) is 17.2 Å². The third-order valence-electron chi connectivity index (χ3n) is 4.06. The number of carbonyl (C=O) groups excluding carboxylic acids is 1. The van der Waals surface area contributed by atoms with E-state index < -0.39 is 24.2 Å². The lowest BCUT2D eigenvalue weighted by Crippen LogP contribution is -2.40. The second-order valence-electron chi connectivity index (χ2n) is 6.84. The first-order valence-electron chi connectivity index (χ1n) is 8.05. The zero-order valence-corrected chi connectivity index (χ0v) is 15.5. The minimum absolute atomic E-state index is 0.241. The van der Waals surface area contributed by atoms with Gasteiger partial charge in [-0.05, 0) is 34.6 Å². The van der Waals surface area contributed by atoms with Crippen LogP contribution in [0.2, 0.25) is 0 Å². The molecule has 26 heavy (non-hydrogen) atoms. The van der Waals surface area contributed by atoms with Gasteiger partial charge in [0.15, 0.2) is 5.82 Å². The maximum atomic E-state index is 12.7. The van der Waals surface area contributed by atoms with Crippen LogP contribution >= 0.6 is 0 Å². The van der Waals surface area contributed by atoms with Crippen molar-refractivity contribution >= 4 is 5.91 Å². The normalized spacial score (nSPS) is 13.7. The molecule has 0 aliphatic carbocycles. The Labute approximate surface area is 149 Å². The Morgan fingerprint density at radius 3 is 2.46 bits per heavy atom. The van der Waals surface area contributed by atoms with Crippen LogP contribution in [0, 0.1) is 13.8 Å². The van der Waals surface area contributed by atoms with Gasteiger partial charge in [-0.3, -0.25) is 9.48 Å². The molecule has 10 heteroatoms. The molecule has 0 bridgehead atoms. The van der Waals surface area contributed by atoms with E-state index in [4.69, 9.17) is 4.52 Å². The lowest BCUT2D eigenvalue weighted by Gasteiger charge is -2.21. The average molecular weight is 373 g/mol. The molecule has 1 unspecified atom stereocenters. The summed E-state index contributed by atoms with van der Waals surface area (Å²) in [5.74, 6) is -0.149. The molecular formula is C16H22F3N5O2. The van der Waals surface area contributed by atoms with E-state index in [-0.39, 0.29) is 17.6 Å². The van der Waals surface area contributed by atoms with Crippen LogP contribution in [-0.2, 0) is 16.9 Å². The number of amides is 1. The summed E-state index contributed by atoms with van der Waals surface area (Å²) in [4.78, 5) is 15.6. The molecule has 0 aliphatic rings. The van der Waals surface area contributed by atoms with E-state index in [1.165, 1.54) is 6.92 Å². The number of alkyl halides is 3. The molecule has 2 rings (SSSR count). The zero-order valence-electron chi connectivity index (χ0n) is 15.5. The Bertz CT molecular complexity index is 807. The lowest BCUT2D eigenvalue weighted by molar-refractivity contribution is -0.143. The van der Waals surface area contributed by atoms with Crippen LogP contribution < -0.4 is 5.32 Å². The van der Waals surface area contributed by atoms with Crippen LogP contribution in [-0.4, -0.2) is 32.0 Å². The minimum Gasteiger partial charge on any atom is -0.344 e. The second kappa shape index (κ2) is 6.73.